The van der Waals surface area contributed by atoms with Gasteiger partial charge in [-0.3, -0.25) is 19.8 Å². The summed E-state index contributed by atoms with van der Waals surface area (Å²) in [4.78, 5) is 30.0. The van der Waals surface area contributed by atoms with Crippen LogP contribution in [0.4, 0.5) is 0 Å². The number of amides is 2. The number of hydrogen-bond acceptors (Lipinski definition) is 5. The van der Waals surface area contributed by atoms with E-state index in [1.807, 2.05) is 6.07 Å². The zero-order chi connectivity index (χ0) is 17.5. The monoisotopic (exact) mass is 329 g/mol. The Balaban J connectivity index is 1.85. The molecule has 7 nitrogen and oxygen atoms in total. The highest BCUT2D eigenvalue weighted by Crippen LogP contribution is 2.33. The molecule has 1 aromatic rings. The molecule has 0 fully saturated rings. The second-order valence-corrected chi connectivity index (χ2v) is 6.65. The van der Waals surface area contributed by atoms with Gasteiger partial charge in [0.2, 0.25) is 18.7 Å². The van der Waals surface area contributed by atoms with Crippen LogP contribution in [0.1, 0.15) is 26.3 Å². The van der Waals surface area contributed by atoms with Gasteiger partial charge in [0.1, 0.15) is 5.70 Å². The van der Waals surface area contributed by atoms with Crippen molar-refractivity contribution in [3.63, 3.8) is 0 Å². The van der Waals surface area contributed by atoms with E-state index in [0.717, 1.165) is 5.56 Å². The minimum absolute atomic E-state index is 0.193. The van der Waals surface area contributed by atoms with E-state index in [0.29, 0.717) is 11.5 Å². The summed E-state index contributed by atoms with van der Waals surface area (Å²) in [5.41, 5.74) is 0.444. The number of guanidine groups is 1. The summed E-state index contributed by atoms with van der Waals surface area (Å²) in [5.74, 6) is 1.05. The van der Waals surface area contributed by atoms with Crippen LogP contribution in [0.2, 0.25) is 0 Å². The summed E-state index contributed by atoms with van der Waals surface area (Å²) in [7, 11) is 1.57. The second kappa shape index (κ2) is 5.67. The van der Waals surface area contributed by atoms with Gasteiger partial charge in [-0.05, 0) is 23.8 Å². The summed E-state index contributed by atoms with van der Waals surface area (Å²) in [6, 6.07) is 5.38. The van der Waals surface area contributed by atoms with Crippen LogP contribution in [0, 0.1) is 5.41 Å². The molecule has 0 bridgehead atoms. The Morgan fingerprint density at radius 2 is 2.00 bits per heavy atom. The van der Waals surface area contributed by atoms with E-state index in [1.54, 1.807) is 46.0 Å². The number of ether oxygens (including phenoxy) is 2. The Labute approximate surface area is 139 Å². The number of benzene rings is 1. The third kappa shape index (κ3) is 2.97. The Kier molecular flexibility index (Phi) is 3.79. The molecule has 3 rings (SSSR count). The van der Waals surface area contributed by atoms with E-state index in [9.17, 15) is 9.59 Å². The van der Waals surface area contributed by atoms with Crippen LogP contribution >= 0.6 is 0 Å². The molecule has 2 aliphatic rings. The number of carbonyl (C=O) groups excluding carboxylic acids is 2. The predicted octanol–water partition coefficient (Wildman–Crippen LogP) is 1.75. The van der Waals surface area contributed by atoms with E-state index < -0.39 is 5.41 Å². The Bertz CT molecular complexity index is 775. The van der Waals surface area contributed by atoms with Crippen molar-refractivity contribution >= 4 is 23.8 Å². The Hall–Kier alpha value is -2.83. The number of nitrogens with zero attached hydrogens (tertiary/aromatic N) is 2. The molecule has 126 valence electrons. The average molecular weight is 329 g/mol. The van der Waals surface area contributed by atoms with Crippen LogP contribution in [0.5, 0.6) is 11.5 Å². The fourth-order valence-electron chi connectivity index (χ4n) is 2.16. The normalized spacial score (nSPS) is 18.2. The van der Waals surface area contributed by atoms with Crippen LogP contribution in [0.3, 0.4) is 0 Å². The molecule has 2 aliphatic heterocycles. The molecule has 0 saturated heterocycles. The van der Waals surface area contributed by atoms with Crippen molar-refractivity contribution in [2.45, 2.75) is 20.8 Å². The standard InChI is InChI=1S/C17H19N3O4/c1-17(2,3)15(22)19-16-18-11(14(21)20(16)4)7-10-5-6-12-13(8-10)24-9-23-12/h5-8H,9H2,1-4H3,(H,18,19,22)/b11-7-. The van der Waals surface area contributed by atoms with E-state index in [-0.39, 0.29) is 30.3 Å². The van der Waals surface area contributed by atoms with Gasteiger partial charge >= 0.3 is 0 Å². The maximum atomic E-state index is 12.3. The number of rotatable bonds is 1. The van der Waals surface area contributed by atoms with Crippen molar-refractivity contribution in [1.29, 1.82) is 0 Å². The Morgan fingerprint density at radius 1 is 1.29 bits per heavy atom. The molecule has 2 heterocycles. The molecular formula is C17H19N3O4. The van der Waals surface area contributed by atoms with Crippen molar-refractivity contribution in [2.24, 2.45) is 10.4 Å². The number of carbonyl (C=O) groups is 2. The van der Waals surface area contributed by atoms with Crippen LogP contribution in [0.25, 0.3) is 6.08 Å². The highest BCUT2D eigenvalue weighted by Gasteiger charge is 2.31. The van der Waals surface area contributed by atoms with Gasteiger partial charge in [-0.15, -0.1) is 0 Å². The van der Waals surface area contributed by atoms with Crippen LogP contribution in [0.15, 0.2) is 28.9 Å². The molecule has 0 spiro atoms. The molecule has 1 aromatic carbocycles. The molecule has 0 aromatic heterocycles. The first-order chi connectivity index (χ1) is 11.3. The van der Waals surface area contributed by atoms with Gasteiger partial charge in [0.15, 0.2) is 11.5 Å². The summed E-state index contributed by atoms with van der Waals surface area (Å²) >= 11 is 0. The van der Waals surface area contributed by atoms with Gasteiger partial charge < -0.3 is 9.47 Å². The first kappa shape index (κ1) is 16.0. The molecule has 7 heteroatoms. The predicted molar refractivity (Wildman–Crippen MR) is 88.3 cm³/mol. The highest BCUT2D eigenvalue weighted by molar-refractivity contribution is 6.16. The van der Waals surface area contributed by atoms with Crippen molar-refractivity contribution in [3.05, 3.63) is 29.5 Å². The molecule has 1 N–H and O–H groups in total. The largest absolute Gasteiger partial charge is 0.454 e. The smallest absolute Gasteiger partial charge is 0.279 e. The summed E-state index contributed by atoms with van der Waals surface area (Å²) in [6.07, 6.45) is 1.65. The van der Waals surface area contributed by atoms with Crippen molar-refractivity contribution in [1.82, 2.24) is 10.2 Å². The molecule has 2 amide bonds. The summed E-state index contributed by atoms with van der Waals surface area (Å²) in [6.45, 7) is 5.58. The van der Waals surface area contributed by atoms with Crippen LogP contribution in [-0.2, 0) is 9.59 Å². The van der Waals surface area contributed by atoms with E-state index in [1.165, 1.54) is 4.90 Å². The number of nitrogens with one attached hydrogen (secondary N) is 1. The molecular weight excluding hydrogens is 310 g/mol. The maximum Gasteiger partial charge on any atom is 0.279 e. The lowest BCUT2D eigenvalue weighted by atomic mass is 9.96. The maximum absolute atomic E-state index is 12.3. The average Bonchev–Trinajstić information content (AvgIpc) is 3.07. The van der Waals surface area contributed by atoms with Crippen LogP contribution < -0.4 is 14.8 Å². The van der Waals surface area contributed by atoms with Gasteiger partial charge in [-0.1, -0.05) is 26.8 Å². The second-order valence-electron chi connectivity index (χ2n) is 6.65. The van der Waals surface area contributed by atoms with E-state index >= 15 is 0 Å². The van der Waals surface area contributed by atoms with Crippen molar-refractivity contribution < 1.29 is 19.1 Å². The number of hydrogen-bond donors (Lipinski definition) is 1. The first-order valence-electron chi connectivity index (χ1n) is 7.55. The SMILES string of the molecule is CN1C(=O)/C(=C/c2ccc3c(c2)OCO3)N=C1NC(=O)C(C)(C)C. The number of likely N-dealkylation sites (N-methyl/N-ethyl adjacent to an activating group) is 1. The lowest BCUT2D eigenvalue weighted by molar-refractivity contribution is -0.127. The lowest BCUT2D eigenvalue weighted by Gasteiger charge is -2.19. The number of aliphatic imine (C=N–C) groups is 1. The van der Waals surface area contributed by atoms with Gasteiger partial charge in [-0.2, -0.15) is 0 Å². The molecule has 0 saturated carbocycles. The molecule has 0 atom stereocenters. The van der Waals surface area contributed by atoms with Gasteiger partial charge in [0, 0.05) is 12.5 Å². The molecule has 0 aliphatic carbocycles. The lowest BCUT2D eigenvalue weighted by Crippen LogP contribution is -2.45. The highest BCUT2D eigenvalue weighted by atomic mass is 16.7. The van der Waals surface area contributed by atoms with Gasteiger partial charge in [0.05, 0.1) is 0 Å². The quantitative estimate of drug-likeness (QED) is 0.796. The van der Waals surface area contributed by atoms with Gasteiger partial charge in [0.25, 0.3) is 5.91 Å². The fraction of sp³-hybridized carbons (Fsp3) is 0.353. The summed E-state index contributed by atoms with van der Waals surface area (Å²) in [5, 5.41) is 2.69. The third-order valence-electron chi connectivity index (χ3n) is 3.67. The number of fused-ring (bicyclic) bond motifs is 1. The Morgan fingerprint density at radius 3 is 2.71 bits per heavy atom. The summed E-state index contributed by atoms with van der Waals surface area (Å²) < 4.78 is 10.6. The zero-order valence-electron chi connectivity index (χ0n) is 14.0. The van der Waals surface area contributed by atoms with Crippen LogP contribution in [-0.4, -0.2) is 36.5 Å². The van der Waals surface area contributed by atoms with E-state index in [2.05, 4.69) is 10.3 Å². The first-order valence-corrected chi connectivity index (χ1v) is 7.55. The van der Waals surface area contributed by atoms with Crippen molar-refractivity contribution in [3.8, 4) is 11.5 Å². The topological polar surface area (TPSA) is 80.2 Å². The van der Waals surface area contributed by atoms with Gasteiger partial charge in [-0.25, -0.2) is 4.99 Å². The molecule has 0 radical (unpaired) electrons. The molecule has 0 unspecified atom stereocenters. The molecule has 24 heavy (non-hydrogen) atoms. The fourth-order valence-corrected chi connectivity index (χ4v) is 2.16. The minimum Gasteiger partial charge on any atom is -0.454 e. The van der Waals surface area contributed by atoms with E-state index in [4.69, 9.17) is 9.47 Å². The minimum atomic E-state index is -0.573. The third-order valence-corrected chi connectivity index (χ3v) is 3.67. The zero-order valence-corrected chi connectivity index (χ0v) is 14.0. The van der Waals surface area contributed by atoms with Crippen molar-refractivity contribution in [2.75, 3.05) is 13.8 Å².